The molecule has 6 nitrogen and oxygen atoms in total. The summed E-state index contributed by atoms with van der Waals surface area (Å²) in [5.41, 5.74) is 1.16. The van der Waals surface area contributed by atoms with E-state index < -0.39 is 10.0 Å². The first-order chi connectivity index (χ1) is 8.46. The van der Waals surface area contributed by atoms with Gasteiger partial charge in [-0.05, 0) is 33.7 Å². The first kappa shape index (κ1) is 16.4. The molecule has 1 aliphatic heterocycles. The van der Waals surface area contributed by atoms with Crippen LogP contribution in [-0.4, -0.2) is 49.1 Å². The number of piperidine rings is 1. The predicted octanol–water partition coefficient (Wildman–Crippen LogP) is 0.821. The molecule has 0 radical (unpaired) electrons. The zero-order chi connectivity index (χ0) is 13.3. The highest BCUT2D eigenvalue weighted by atomic mass is 35.5. The van der Waals surface area contributed by atoms with Gasteiger partial charge in [0.05, 0.1) is 11.4 Å². The molecule has 1 saturated heterocycles. The van der Waals surface area contributed by atoms with Crippen molar-refractivity contribution in [1.82, 2.24) is 19.8 Å². The minimum absolute atomic E-state index is 0. The topological polar surface area (TPSA) is 78.1 Å². The van der Waals surface area contributed by atoms with Gasteiger partial charge in [-0.1, -0.05) is 0 Å². The van der Waals surface area contributed by atoms with Crippen molar-refractivity contribution in [2.24, 2.45) is 0 Å². The largest absolute Gasteiger partial charge is 0.317 e. The van der Waals surface area contributed by atoms with Gasteiger partial charge in [0.15, 0.2) is 0 Å². The minimum atomic E-state index is -3.40. The van der Waals surface area contributed by atoms with E-state index in [0.717, 1.165) is 12.8 Å². The normalized spacial score (nSPS) is 18.3. The Morgan fingerprint density at radius 3 is 2.32 bits per heavy atom. The van der Waals surface area contributed by atoms with Crippen LogP contribution in [0.2, 0.25) is 0 Å². The highest BCUT2D eigenvalue weighted by molar-refractivity contribution is 7.89. The van der Waals surface area contributed by atoms with Gasteiger partial charge in [-0.3, -0.25) is 5.10 Å². The van der Waals surface area contributed by atoms with Crippen LogP contribution >= 0.6 is 12.4 Å². The Kier molecular flexibility index (Phi) is 5.37. The second-order valence-corrected chi connectivity index (χ2v) is 6.60. The summed E-state index contributed by atoms with van der Waals surface area (Å²) < 4.78 is 26.6. The van der Waals surface area contributed by atoms with Crippen molar-refractivity contribution in [3.63, 3.8) is 0 Å². The highest BCUT2D eigenvalue weighted by Gasteiger charge is 2.32. The maximum atomic E-state index is 12.5. The van der Waals surface area contributed by atoms with Crippen LogP contribution in [0.15, 0.2) is 4.90 Å². The Balaban J connectivity index is 0.00000180. The van der Waals surface area contributed by atoms with Crippen molar-refractivity contribution < 1.29 is 8.42 Å². The van der Waals surface area contributed by atoms with E-state index >= 15 is 0 Å². The van der Waals surface area contributed by atoms with Crippen LogP contribution < -0.4 is 5.32 Å². The molecule has 2 heterocycles. The average molecular weight is 309 g/mol. The zero-order valence-electron chi connectivity index (χ0n) is 11.4. The summed E-state index contributed by atoms with van der Waals surface area (Å²) in [6.07, 6.45) is 1.71. The second-order valence-electron chi connectivity index (χ2n) is 4.73. The molecule has 19 heavy (non-hydrogen) atoms. The lowest BCUT2D eigenvalue weighted by molar-refractivity contribution is 0.298. The van der Waals surface area contributed by atoms with Gasteiger partial charge in [-0.25, -0.2) is 8.42 Å². The Bertz CT molecular complexity index is 501. The summed E-state index contributed by atoms with van der Waals surface area (Å²) in [5.74, 6) is 0. The van der Waals surface area contributed by atoms with Crippen molar-refractivity contribution in [1.29, 1.82) is 0 Å². The smallest absolute Gasteiger partial charge is 0.246 e. The molecular formula is C11H21ClN4O2S. The summed E-state index contributed by atoms with van der Waals surface area (Å²) >= 11 is 0. The molecule has 1 aliphatic rings. The fraction of sp³-hybridized carbons (Fsp3) is 0.727. The maximum Gasteiger partial charge on any atom is 0.246 e. The number of aromatic nitrogens is 2. The zero-order valence-corrected chi connectivity index (χ0v) is 13.1. The van der Waals surface area contributed by atoms with Gasteiger partial charge in [0.1, 0.15) is 4.90 Å². The van der Waals surface area contributed by atoms with E-state index in [1.807, 2.05) is 7.05 Å². The number of H-pyrrole nitrogens is 1. The van der Waals surface area contributed by atoms with Crippen LogP contribution in [0, 0.1) is 13.8 Å². The van der Waals surface area contributed by atoms with E-state index in [9.17, 15) is 8.42 Å². The molecule has 1 aromatic heterocycles. The lowest BCUT2D eigenvalue weighted by atomic mass is 10.1. The summed E-state index contributed by atoms with van der Waals surface area (Å²) in [5, 5.41) is 9.89. The Morgan fingerprint density at radius 2 is 1.89 bits per heavy atom. The average Bonchev–Trinajstić information content (AvgIpc) is 2.69. The summed E-state index contributed by atoms with van der Waals surface area (Å²) in [7, 11) is -1.48. The standard InChI is InChI=1S/C11H20N4O2S.ClH/c1-8-11(9(2)14-13-8)18(16,17)15-6-4-10(12-3)5-7-15;/h10,12H,4-7H2,1-3H3,(H,13,14);1H. The summed E-state index contributed by atoms with van der Waals surface area (Å²) in [6, 6.07) is 0.419. The molecule has 0 amide bonds. The lowest BCUT2D eigenvalue weighted by Gasteiger charge is -2.30. The number of hydrogen-bond acceptors (Lipinski definition) is 4. The molecule has 0 bridgehead atoms. The minimum Gasteiger partial charge on any atom is -0.317 e. The first-order valence-electron chi connectivity index (χ1n) is 6.15. The number of hydrogen-bond donors (Lipinski definition) is 2. The number of halogens is 1. The monoisotopic (exact) mass is 308 g/mol. The van der Waals surface area contributed by atoms with E-state index in [4.69, 9.17) is 0 Å². The van der Waals surface area contributed by atoms with E-state index in [-0.39, 0.29) is 12.4 Å². The SMILES string of the molecule is CNC1CCN(S(=O)(=O)c2c(C)n[nH]c2C)CC1.Cl. The molecule has 0 spiro atoms. The van der Waals surface area contributed by atoms with Crippen molar-refractivity contribution in [2.75, 3.05) is 20.1 Å². The third-order valence-corrected chi connectivity index (χ3v) is 5.68. The molecule has 0 aliphatic carbocycles. The number of aromatic amines is 1. The molecule has 2 rings (SSSR count). The van der Waals surface area contributed by atoms with E-state index in [1.54, 1.807) is 18.2 Å². The molecule has 8 heteroatoms. The van der Waals surface area contributed by atoms with E-state index in [2.05, 4.69) is 15.5 Å². The summed E-state index contributed by atoms with van der Waals surface area (Å²) in [6.45, 7) is 4.60. The maximum absolute atomic E-state index is 12.5. The van der Waals surface area contributed by atoms with Crippen molar-refractivity contribution >= 4 is 22.4 Å². The molecule has 0 unspecified atom stereocenters. The third-order valence-electron chi connectivity index (χ3n) is 3.52. The fourth-order valence-electron chi connectivity index (χ4n) is 2.43. The Labute approximate surface area is 120 Å². The van der Waals surface area contributed by atoms with Crippen molar-refractivity contribution in [3.8, 4) is 0 Å². The van der Waals surface area contributed by atoms with Crippen LogP contribution in [0.5, 0.6) is 0 Å². The van der Waals surface area contributed by atoms with Crippen molar-refractivity contribution in [3.05, 3.63) is 11.4 Å². The van der Waals surface area contributed by atoms with Crippen LogP contribution in [0.25, 0.3) is 0 Å². The highest BCUT2D eigenvalue weighted by Crippen LogP contribution is 2.24. The molecule has 110 valence electrons. The van der Waals surface area contributed by atoms with Gasteiger partial charge in [0, 0.05) is 19.1 Å². The van der Waals surface area contributed by atoms with Gasteiger partial charge in [-0.15, -0.1) is 12.4 Å². The molecule has 1 fully saturated rings. The summed E-state index contributed by atoms with van der Waals surface area (Å²) in [4.78, 5) is 0.338. The molecule has 2 N–H and O–H groups in total. The van der Waals surface area contributed by atoms with Crippen molar-refractivity contribution in [2.45, 2.75) is 37.6 Å². The van der Waals surface area contributed by atoms with Gasteiger partial charge >= 0.3 is 0 Å². The fourth-order valence-corrected chi connectivity index (χ4v) is 4.24. The Morgan fingerprint density at radius 1 is 1.32 bits per heavy atom. The third kappa shape index (κ3) is 3.10. The predicted molar refractivity (Wildman–Crippen MR) is 76.2 cm³/mol. The first-order valence-corrected chi connectivity index (χ1v) is 7.59. The second kappa shape index (κ2) is 6.21. The molecule has 0 saturated carbocycles. The van der Waals surface area contributed by atoms with Gasteiger partial charge in [0.25, 0.3) is 0 Å². The van der Waals surface area contributed by atoms with Gasteiger partial charge in [-0.2, -0.15) is 9.40 Å². The van der Waals surface area contributed by atoms with E-state index in [0.29, 0.717) is 35.4 Å². The van der Waals surface area contributed by atoms with Gasteiger partial charge < -0.3 is 5.32 Å². The quantitative estimate of drug-likeness (QED) is 0.866. The number of rotatable bonds is 3. The Hall–Kier alpha value is -0.630. The van der Waals surface area contributed by atoms with Crippen LogP contribution in [-0.2, 0) is 10.0 Å². The molecule has 1 aromatic rings. The lowest BCUT2D eigenvalue weighted by Crippen LogP contribution is -2.44. The molecule has 0 aromatic carbocycles. The molecular weight excluding hydrogens is 288 g/mol. The van der Waals surface area contributed by atoms with E-state index in [1.165, 1.54) is 0 Å². The number of aryl methyl sites for hydroxylation is 2. The number of sulfonamides is 1. The number of nitrogens with zero attached hydrogens (tertiary/aromatic N) is 2. The van der Waals surface area contributed by atoms with Gasteiger partial charge in [0.2, 0.25) is 10.0 Å². The number of nitrogens with one attached hydrogen (secondary N) is 2. The van der Waals surface area contributed by atoms with Crippen LogP contribution in [0.1, 0.15) is 24.2 Å². The molecule has 0 atom stereocenters. The van der Waals surface area contributed by atoms with Crippen LogP contribution in [0.4, 0.5) is 0 Å². The van der Waals surface area contributed by atoms with Crippen LogP contribution in [0.3, 0.4) is 0 Å².